The van der Waals surface area contributed by atoms with E-state index in [0.29, 0.717) is 36.4 Å². The molecule has 0 unspecified atom stereocenters. The van der Waals surface area contributed by atoms with E-state index in [1.54, 1.807) is 12.1 Å². The summed E-state index contributed by atoms with van der Waals surface area (Å²) in [5.41, 5.74) is 6.20. The minimum Gasteiger partial charge on any atom is -0.461 e. The molecule has 0 aliphatic carbocycles. The minimum atomic E-state index is -4.78. The maximum atomic E-state index is 12.9. The van der Waals surface area contributed by atoms with Gasteiger partial charge in [-0.3, -0.25) is 4.79 Å². The Morgan fingerprint density at radius 1 is 1.06 bits per heavy atom. The molecule has 0 saturated carbocycles. The fraction of sp³-hybridized carbons (Fsp3) is 0.250. The lowest BCUT2D eigenvalue weighted by Gasteiger charge is -2.07. The maximum absolute atomic E-state index is 12.9. The molecule has 0 aliphatic heterocycles. The Hall–Kier alpha value is -4.07. The predicted octanol–water partition coefficient (Wildman–Crippen LogP) is 2.03. The van der Waals surface area contributed by atoms with Gasteiger partial charge in [0.15, 0.2) is 5.76 Å². The van der Waals surface area contributed by atoms with Crippen molar-refractivity contribution in [2.45, 2.75) is 24.2 Å². The van der Waals surface area contributed by atoms with Gasteiger partial charge in [0.05, 0.1) is 11.2 Å². The normalized spacial score (nSPS) is 11.6. The summed E-state index contributed by atoms with van der Waals surface area (Å²) in [6.45, 7) is 1.02. The highest BCUT2D eigenvalue weighted by molar-refractivity contribution is 7.86. The van der Waals surface area contributed by atoms with Gasteiger partial charge < -0.3 is 20.8 Å². The third-order valence-corrected chi connectivity index (χ3v) is 5.63. The van der Waals surface area contributed by atoms with E-state index < -0.39 is 15.1 Å². The third-order valence-electron chi connectivity index (χ3n) is 4.80. The molecule has 0 saturated heterocycles. The maximum Gasteiger partial charge on any atom is 0.332 e. The average molecular weight is 489 g/mol. The lowest BCUT2D eigenvalue weighted by Crippen LogP contribution is -2.24. The van der Waals surface area contributed by atoms with Gasteiger partial charge in [-0.2, -0.15) is 27.9 Å². The molecule has 178 valence electrons. The molecule has 1 amide bonds. The molecule has 34 heavy (non-hydrogen) atoms. The second kappa shape index (κ2) is 9.82. The molecule has 0 aliphatic rings. The Bertz CT molecular complexity index is 1390. The van der Waals surface area contributed by atoms with Gasteiger partial charge in [0.2, 0.25) is 17.7 Å². The number of nitrogens with zero attached hydrogens (tertiary/aromatic N) is 5. The zero-order valence-electron chi connectivity index (χ0n) is 17.8. The first-order chi connectivity index (χ1) is 16.3. The highest BCUT2D eigenvalue weighted by Gasteiger charge is 2.14. The van der Waals surface area contributed by atoms with Crippen molar-refractivity contribution >= 4 is 33.8 Å². The molecule has 4 N–H and O–H groups in total. The lowest BCUT2D eigenvalue weighted by molar-refractivity contribution is 0.0953. The Morgan fingerprint density at radius 2 is 1.82 bits per heavy atom. The molecule has 14 heteroatoms. The van der Waals surface area contributed by atoms with Crippen LogP contribution in [0.25, 0.3) is 17.4 Å². The Labute approximate surface area is 193 Å². The van der Waals surface area contributed by atoms with Crippen LogP contribution in [0.1, 0.15) is 29.6 Å². The van der Waals surface area contributed by atoms with Crippen molar-refractivity contribution in [1.29, 1.82) is 0 Å². The first-order valence-electron chi connectivity index (χ1n) is 10.3. The van der Waals surface area contributed by atoms with Crippen LogP contribution < -0.4 is 16.4 Å². The van der Waals surface area contributed by atoms with Gasteiger partial charge in [0.1, 0.15) is 0 Å². The number of nitrogen functional groups attached to an aromatic ring is 1. The van der Waals surface area contributed by atoms with Crippen LogP contribution >= 0.6 is 0 Å². The number of hydrogen-bond donors (Lipinski definition) is 3. The van der Waals surface area contributed by atoms with Crippen molar-refractivity contribution in [1.82, 2.24) is 29.9 Å². The average Bonchev–Trinajstić information content (AvgIpc) is 3.48. The minimum absolute atomic E-state index is 0.137. The van der Waals surface area contributed by atoms with Gasteiger partial charge in [-0.25, -0.2) is 0 Å². The number of aromatic nitrogens is 5. The summed E-state index contributed by atoms with van der Waals surface area (Å²) in [6, 6.07) is 8.10. The summed E-state index contributed by atoms with van der Waals surface area (Å²) in [5.74, 6) is 1.25. The molecular weight excluding hydrogens is 467 g/mol. The largest absolute Gasteiger partial charge is 0.461 e. The van der Waals surface area contributed by atoms with Crippen LogP contribution in [0.15, 0.2) is 52.0 Å². The smallest absolute Gasteiger partial charge is 0.332 e. The number of furan rings is 1. The molecule has 0 atom stereocenters. The summed E-state index contributed by atoms with van der Waals surface area (Å²) < 4.78 is 41.2. The SMILES string of the molecule is Nc1nc(NCCCCCNC(=O)c2ccc(S(=O)(=O)F)cc2)nc2nc(-c3ccco3)nn12. The van der Waals surface area contributed by atoms with Crippen LogP contribution in [-0.2, 0) is 10.2 Å². The standard InChI is InChI=1S/C20H21FN8O4S/c21-34(31,32)14-8-6-13(7-9-14)17(30)23-10-2-1-3-11-24-19-26-18(22)29-20(27-19)25-16(28-29)15-5-4-12-33-15/h4-9,12H,1-3,10-11H2,(H,23,30)(H3,22,24,25,26,27,28). The molecule has 12 nitrogen and oxygen atoms in total. The van der Waals surface area contributed by atoms with Gasteiger partial charge in [-0.15, -0.1) is 8.98 Å². The lowest BCUT2D eigenvalue weighted by atomic mass is 10.2. The molecule has 0 spiro atoms. The molecule has 0 radical (unpaired) electrons. The van der Waals surface area contributed by atoms with Gasteiger partial charge in [0.25, 0.3) is 11.7 Å². The molecule has 3 heterocycles. The number of benzene rings is 1. The predicted molar refractivity (Wildman–Crippen MR) is 120 cm³/mol. The van der Waals surface area contributed by atoms with Crippen LogP contribution in [0.3, 0.4) is 0 Å². The summed E-state index contributed by atoms with van der Waals surface area (Å²) in [6.07, 6.45) is 3.85. The fourth-order valence-corrected chi connectivity index (χ4v) is 3.56. The van der Waals surface area contributed by atoms with E-state index in [2.05, 4.69) is 30.7 Å². The number of fused-ring (bicyclic) bond motifs is 1. The van der Waals surface area contributed by atoms with E-state index in [4.69, 9.17) is 10.2 Å². The zero-order chi connectivity index (χ0) is 24.1. The van der Waals surface area contributed by atoms with Crippen molar-refractivity contribution in [3.05, 3.63) is 48.2 Å². The second-order valence-corrected chi connectivity index (χ2v) is 8.58. The van der Waals surface area contributed by atoms with Crippen molar-refractivity contribution < 1.29 is 21.5 Å². The number of anilines is 2. The van der Waals surface area contributed by atoms with Gasteiger partial charge in [-0.1, -0.05) is 0 Å². The summed E-state index contributed by atoms with van der Waals surface area (Å²) in [5, 5.41) is 10.1. The van der Waals surface area contributed by atoms with Crippen molar-refractivity contribution in [3.63, 3.8) is 0 Å². The molecular formula is C20H21FN8O4S. The number of amides is 1. The number of halogens is 1. The highest BCUT2D eigenvalue weighted by Crippen LogP contribution is 2.17. The van der Waals surface area contributed by atoms with E-state index in [0.717, 1.165) is 31.4 Å². The molecule has 0 fully saturated rings. The van der Waals surface area contributed by atoms with Crippen molar-refractivity contribution in [3.8, 4) is 11.6 Å². The molecule has 4 rings (SSSR count). The Balaban J connectivity index is 1.19. The molecule has 1 aromatic carbocycles. The number of nitrogens with one attached hydrogen (secondary N) is 2. The summed E-state index contributed by atoms with van der Waals surface area (Å²) >= 11 is 0. The molecule has 4 aromatic rings. The van der Waals surface area contributed by atoms with Crippen molar-refractivity contribution in [2.24, 2.45) is 0 Å². The first-order valence-corrected chi connectivity index (χ1v) is 11.7. The number of carbonyl (C=O) groups is 1. The summed E-state index contributed by atoms with van der Waals surface area (Å²) in [7, 11) is -4.78. The van der Waals surface area contributed by atoms with Crippen LogP contribution in [0, 0.1) is 0 Å². The van der Waals surface area contributed by atoms with E-state index in [-0.39, 0.29) is 17.4 Å². The monoisotopic (exact) mass is 488 g/mol. The number of hydrogen-bond acceptors (Lipinski definition) is 10. The van der Waals surface area contributed by atoms with E-state index >= 15 is 0 Å². The van der Waals surface area contributed by atoms with Gasteiger partial charge in [-0.05, 0) is 55.7 Å². The second-order valence-electron chi connectivity index (χ2n) is 7.24. The van der Waals surface area contributed by atoms with Gasteiger partial charge in [0, 0.05) is 18.7 Å². The quantitative estimate of drug-likeness (QED) is 0.222. The Morgan fingerprint density at radius 3 is 2.53 bits per heavy atom. The van der Waals surface area contributed by atoms with E-state index in [9.17, 15) is 17.1 Å². The highest BCUT2D eigenvalue weighted by atomic mass is 32.3. The summed E-state index contributed by atoms with van der Waals surface area (Å²) in [4.78, 5) is 24.4. The zero-order valence-corrected chi connectivity index (χ0v) is 18.6. The van der Waals surface area contributed by atoms with Crippen LogP contribution in [0.2, 0.25) is 0 Å². The number of nitrogens with two attached hydrogens (primary N) is 1. The topological polar surface area (TPSA) is 170 Å². The first kappa shape index (κ1) is 23.1. The Kier molecular flexibility index (Phi) is 6.67. The fourth-order valence-electron chi connectivity index (χ4n) is 3.09. The van der Waals surface area contributed by atoms with Crippen LogP contribution in [-0.4, -0.2) is 52.0 Å². The van der Waals surface area contributed by atoms with E-state index in [1.807, 2.05) is 0 Å². The molecule has 3 aromatic heterocycles. The number of rotatable bonds is 10. The molecule has 0 bridgehead atoms. The number of carbonyl (C=O) groups excluding carboxylic acids is 1. The third kappa shape index (κ3) is 5.46. The van der Waals surface area contributed by atoms with E-state index in [1.165, 1.54) is 22.9 Å². The van der Waals surface area contributed by atoms with Crippen LogP contribution in [0.4, 0.5) is 15.8 Å². The van der Waals surface area contributed by atoms with Crippen molar-refractivity contribution in [2.75, 3.05) is 24.1 Å². The number of unbranched alkanes of at least 4 members (excludes halogenated alkanes) is 2. The van der Waals surface area contributed by atoms with Gasteiger partial charge >= 0.3 is 10.2 Å². The van der Waals surface area contributed by atoms with Crippen LogP contribution in [0.5, 0.6) is 0 Å².